The molecule has 7 heteroatoms. The fraction of sp³-hybridized carbons (Fsp3) is 0.538. The minimum atomic E-state index is -0.255. The zero-order valence-corrected chi connectivity index (χ0v) is 20.5. The Hall–Kier alpha value is -2.80. The first-order valence-electron chi connectivity index (χ1n) is 12.1. The highest BCUT2D eigenvalue weighted by molar-refractivity contribution is 5.92. The average molecular weight is 452 g/mol. The van der Waals surface area contributed by atoms with Crippen LogP contribution in [0.5, 0.6) is 0 Å². The Labute approximate surface area is 195 Å². The van der Waals surface area contributed by atoms with Gasteiger partial charge in [0.1, 0.15) is 11.2 Å². The van der Waals surface area contributed by atoms with Crippen molar-refractivity contribution in [2.75, 3.05) is 18.4 Å². The second-order valence-corrected chi connectivity index (χ2v) is 10.1. The van der Waals surface area contributed by atoms with Crippen molar-refractivity contribution < 1.29 is 0 Å². The van der Waals surface area contributed by atoms with E-state index in [9.17, 15) is 9.59 Å². The largest absolute Gasteiger partial charge is 0.341 e. The molecule has 1 aromatic carbocycles. The van der Waals surface area contributed by atoms with Crippen molar-refractivity contribution >= 4 is 22.4 Å². The lowest BCUT2D eigenvalue weighted by atomic mass is 9.96. The fourth-order valence-corrected chi connectivity index (χ4v) is 4.90. The Morgan fingerprint density at radius 3 is 2.30 bits per heavy atom. The number of hydrogen-bond donors (Lipinski definition) is 1. The normalized spacial score (nSPS) is 15.7. The van der Waals surface area contributed by atoms with E-state index in [-0.39, 0.29) is 17.2 Å². The molecular formula is C26H37N5O2. The third kappa shape index (κ3) is 4.78. The van der Waals surface area contributed by atoms with E-state index < -0.39 is 0 Å². The summed E-state index contributed by atoms with van der Waals surface area (Å²) in [5.74, 6) is 1.60. The van der Waals surface area contributed by atoms with Crippen LogP contribution < -0.4 is 16.6 Å². The van der Waals surface area contributed by atoms with E-state index in [1.165, 1.54) is 4.57 Å². The number of anilines is 2. The second kappa shape index (κ2) is 9.59. The molecule has 0 saturated carbocycles. The van der Waals surface area contributed by atoms with Gasteiger partial charge in [0.15, 0.2) is 0 Å². The summed E-state index contributed by atoms with van der Waals surface area (Å²) in [6, 6.07) is 10.5. The summed E-state index contributed by atoms with van der Waals surface area (Å²) in [5, 5.41) is 4.09. The van der Waals surface area contributed by atoms with Gasteiger partial charge in [-0.25, -0.2) is 4.79 Å². The van der Waals surface area contributed by atoms with Gasteiger partial charge in [-0.3, -0.25) is 13.9 Å². The number of piperidine rings is 1. The summed E-state index contributed by atoms with van der Waals surface area (Å²) in [6.07, 6.45) is 4.28. The SMILES string of the molecule is CC(C)Cn1c(=O)n(C)c(=O)c2c(Nc3ccccc3)n(CC3CCN(C(C)C)CC3)cc21. The molecule has 0 bridgehead atoms. The fourth-order valence-electron chi connectivity index (χ4n) is 4.90. The van der Waals surface area contributed by atoms with E-state index in [1.54, 1.807) is 11.6 Å². The molecule has 0 spiro atoms. The van der Waals surface area contributed by atoms with Gasteiger partial charge in [-0.15, -0.1) is 0 Å². The van der Waals surface area contributed by atoms with Crippen LogP contribution in [0.25, 0.3) is 10.9 Å². The second-order valence-electron chi connectivity index (χ2n) is 10.1. The Kier molecular flexibility index (Phi) is 6.79. The summed E-state index contributed by atoms with van der Waals surface area (Å²) in [5.41, 5.74) is 1.14. The van der Waals surface area contributed by atoms with Gasteiger partial charge in [0.2, 0.25) is 0 Å². The van der Waals surface area contributed by atoms with Crippen molar-refractivity contribution in [3.8, 4) is 0 Å². The number of likely N-dealkylation sites (tertiary alicyclic amines) is 1. The quantitative estimate of drug-likeness (QED) is 0.589. The molecule has 0 unspecified atom stereocenters. The Morgan fingerprint density at radius 2 is 1.70 bits per heavy atom. The average Bonchev–Trinajstić information content (AvgIpc) is 3.13. The zero-order chi connectivity index (χ0) is 23.7. The molecule has 0 aliphatic carbocycles. The van der Waals surface area contributed by atoms with Crippen LogP contribution >= 0.6 is 0 Å². The highest BCUT2D eigenvalue weighted by Gasteiger charge is 2.25. The van der Waals surface area contributed by atoms with Crippen molar-refractivity contribution in [2.24, 2.45) is 18.9 Å². The lowest BCUT2D eigenvalue weighted by molar-refractivity contribution is 0.142. The topological polar surface area (TPSA) is 64.2 Å². The number of fused-ring (bicyclic) bond motifs is 1. The molecule has 3 heterocycles. The first-order chi connectivity index (χ1) is 15.8. The maximum absolute atomic E-state index is 13.3. The van der Waals surface area contributed by atoms with Crippen molar-refractivity contribution in [2.45, 2.75) is 59.7 Å². The number of hydrogen-bond acceptors (Lipinski definition) is 4. The van der Waals surface area contributed by atoms with E-state index in [1.807, 2.05) is 36.5 Å². The maximum Gasteiger partial charge on any atom is 0.331 e. The number of aromatic nitrogens is 3. The molecule has 1 aliphatic rings. The van der Waals surface area contributed by atoms with E-state index >= 15 is 0 Å². The standard InChI is InChI=1S/C26H37N5O2/c1-18(2)15-31-22-17-30(16-20-11-13-29(14-12-20)19(3)4)24(27-21-9-7-6-8-10-21)23(22)25(32)28(5)26(31)33/h6-10,17-20,27H,11-16H2,1-5H3. The molecule has 0 radical (unpaired) electrons. The molecule has 4 rings (SSSR count). The molecule has 33 heavy (non-hydrogen) atoms. The summed E-state index contributed by atoms with van der Waals surface area (Å²) < 4.78 is 5.17. The van der Waals surface area contributed by atoms with Crippen LogP contribution in [0, 0.1) is 11.8 Å². The maximum atomic E-state index is 13.3. The number of para-hydroxylation sites is 1. The highest BCUT2D eigenvalue weighted by atomic mass is 16.2. The van der Waals surface area contributed by atoms with Gasteiger partial charge in [0.05, 0.1) is 5.52 Å². The number of benzene rings is 1. The van der Waals surface area contributed by atoms with E-state index in [2.05, 4.69) is 42.5 Å². The molecule has 7 nitrogen and oxygen atoms in total. The number of nitrogens with one attached hydrogen (secondary N) is 1. The molecule has 1 fully saturated rings. The first kappa shape index (κ1) is 23.4. The van der Waals surface area contributed by atoms with Gasteiger partial charge in [0, 0.05) is 38.1 Å². The minimum absolute atomic E-state index is 0.248. The molecule has 1 N–H and O–H groups in total. The lowest BCUT2D eigenvalue weighted by Gasteiger charge is -2.35. The van der Waals surface area contributed by atoms with E-state index in [0.717, 1.165) is 49.5 Å². The molecule has 178 valence electrons. The van der Waals surface area contributed by atoms with Crippen LogP contribution in [-0.4, -0.2) is 37.7 Å². The summed E-state index contributed by atoms with van der Waals surface area (Å²) in [4.78, 5) is 28.8. The van der Waals surface area contributed by atoms with Gasteiger partial charge < -0.3 is 14.8 Å². The predicted molar refractivity (Wildman–Crippen MR) is 135 cm³/mol. The van der Waals surface area contributed by atoms with Crippen LogP contribution in [0.1, 0.15) is 40.5 Å². The Morgan fingerprint density at radius 1 is 1.03 bits per heavy atom. The van der Waals surface area contributed by atoms with Crippen molar-refractivity contribution in [3.05, 3.63) is 57.4 Å². The van der Waals surface area contributed by atoms with Crippen LogP contribution in [0.2, 0.25) is 0 Å². The molecule has 0 atom stereocenters. The lowest BCUT2D eigenvalue weighted by Crippen LogP contribution is -2.39. The molecule has 3 aromatic rings. The van der Waals surface area contributed by atoms with Gasteiger partial charge >= 0.3 is 5.69 Å². The van der Waals surface area contributed by atoms with Crippen molar-refractivity contribution in [1.29, 1.82) is 0 Å². The molecule has 1 aliphatic heterocycles. The minimum Gasteiger partial charge on any atom is -0.341 e. The summed E-state index contributed by atoms with van der Waals surface area (Å²) in [6.45, 7) is 12.3. The monoisotopic (exact) mass is 451 g/mol. The summed E-state index contributed by atoms with van der Waals surface area (Å²) >= 11 is 0. The van der Waals surface area contributed by atoms with Crippen LogP contribution in [0.4, 0.5) is 11.5 Å². The van der Waals surface area contributed by atoms with Crippen LogP contribution in [0.3, 0.4) is 0 Å². The van der Waals surface area contributed by atoms with Gasteiger partial charge in [-0.05, 0) is 63.7 Å². The van der Waals surface area contributed by atoms with Crippen LogP contribution in [-0.2, 0) is 20.1 Å². The smallest absolute Gasteiger partial charge is 0.331 e. The van der Waals surface area contributed by atoms with Crippen LogP contribution in [0.15, 0.2) is 46.1 Å². The van der Waals surface area contributed by atoms with E-state index in [4.69, 9.17) is 0 Å². The third-order valence-electron chi connectivity index (χ3n) is 6.80. The first-order valence-corrected chi connectivity index (χ1v) is 12.1. The van der Waals surface area contributed by atoms with Gasteiger partial charge in [-0.1, -0.05) is 32.0 Å². The van der Waals surface area contributed by atoms with Crippen molar-refractivity contribution in [3.63, 3.8) is 0 Å². The predicted octanol–water partition coefficient (Wildman–Crippen LogP) is 4.02. The third-order valence-corrected chi connectivity index (χ3v) is 6.80. The Balaban J connectivity index is 1.81. The highest BCUT2D eigenvalue weighted by Crippen LogP contribution is 2.29. The van der Waals surface area contributed by atoms with Gasteiger partial charge in [-0.2, -0.15) is 0 Å². The Bertz CT molecular complexity index is 1210. The molecule has 0 amide bonds. The molecule has 2 aromatic heterocycles. The van der Waals surface area contributed by atoms with E-state index in [0.29, 0.717) is 23.9 Å². The van der Waals surface area contributed by atoms with Gasteiger partial charge in [0.25, 0.3) is 5.56 Å². The number of rotatable bonds is 7. The molecular weight excluding hydrogens is 414 g/mol. The zero-order valence-electron chi connectivity index (χ0n) is 20.5. The molecule has 1 saturated heterocycles. The summed E-state index contributed by atoms with van der Waals surface area (Å²) in [7, 11) is 1.58. The number of nitrogens with zero attached hydrogens (tertiary/aromatic N) is 4. The van der Waals surface area contributed by atoms with Crippen molar-refractivity contribution in [1.82, 2.24) is 18.6 Å².